The molecule has 1 heterocycles. The van der Waals surface area contributed by atoms with Gasteiger partial charge in [0.25, 0.3) is 0 Å². The Morgan fingerprint density at radius 3 is 2.41 bits per heavy atom. The third-order valence-corrected chi connectivity index (χ3v) is 4.37. The lowest BCUT2D eigenvalue weighted by atomic mass is 10.2. The van der Waals surface area contributed by atoms with Crippen LogP contribution >= 0.6 is 0 Å². The Labute approximate surface area is 158 Å². The molecular weight excluding hydrogens is 344 g/mol. The molecule has 7 heteroatoms. The van der Waals surface area contributed by atoms with Crippen molar-refractivity contribution in [2.75, 3.05) is 25.5 Å². The monoisotopic (exact) mass is 366 g/mol. The molecule has 0 spiro atoms. The van der Waals surface area contributed by atoms with E-state index < -0.39 is 0 Å². The Bertz CT molecular complexity index is 806. The van der Waals surface area contributed by atoms with Crippen molar-refractivity contribution in [3.05, 3.63) is 54.6 Å². The molecule has 1 N–H and O–H groups in total. The van der Waals surface area contributed by atoms with Crippen LogP contribution in [-0.4, -0.2) is 43.0 Å². The highest BCUT2D eigenvalue weighted by Gasteiger charge is 2.32. The molecule has 0 bridgehead atoms. The van der Waals surface area contributed by atoms with Crippen molar-refractivity contribution in [2.24, 2.45) is 10.2 Å². The molecule has 140 valence electrons. The summed E-state index contributed by atoms with van der Waals surface area (Å²) in [6.07, 6.45) is 1.61. The minimum atomic E-state index is -0.332. The number of anilines is 1. The van der Waals surface area contributed by atoms with Crippen LogP contribution in [0.1, 0.15) is 12.8 Å². The summed E-state index contributed by atoms with van der Waals surface area (Å²) in [5.41, 5.74) is 2.15. The Hall–Kier alpha value is -3.06. The number of azo groups is 1. The van der Waals surface area contributed by atoms with Crippen LogP contribution in [0.2, 0.25) is 0 Å². The van der Waals surface area contributed by atoms with E-state index in [4.69, 9.17) is 4.74 Å². The maximum atomic E-state index is 12.3. The number of nitrogens with one attached hydrogen (secondary N) is 1. The number of hydrogen-bond donors (Lipinski definition) is 1. The summed E-state index contributed by atoms with van der Waals surface area (Å²) < 4.78 is 4.80. The van der Waals surface area contributed by atoms with Gasteiger partial charge in [0.05, 0.1) is 25.0 Å². The maximum Gasteiger partial charge on any atom is 0.323 e. The average molecular weight is 366 g/mol. The molecule has 1 fully saturated rings. The molecule has 7 nitrogen and oxygen atoms in total. The third kappa shape index (κ3) is 5.21. The highest BCUT2D eigenvalue weighted by atomic mass is 16.5. The molecule has 2 aromatic rings. The molecule has 0 radical (unpaired) electrons. The number of rotatable bonds is 6. The number of esters is 1. The zero-order valence-electron chi connectivity index (χ0n) is 15.2. The molecule has 1 aliphatic heterocycles. The van der Waals surface area contributed by atoms with Crippen molar-refractivity contribution in [1.29, 1.82) is 0 Å². The Kier molecular flexibility index (Phi) is 6.27. The molecule has 0 aliphatic carbocycles. The summed E-state index contributed by atoms with van der Waals surface area (Å²) >= 11 is 0. The van der Waals surface area contributed by atoms with Crippen LogP contribution in [0.15, 0.2) is 64.8 Å². The van der Waals surface area contributed by atoms with Crippen molar-refractivity contribution < 1.29 is 14.3 Å². The second-order valence-corrected chi connectivity index (χ2v) is 6.28. The van der Waals surface area contributed by atoms with Crippen molar-refractivity contribution in [1.82, 2.24) is 4.90 Å². The molecule has 1 atom stereocenters. The van der Waals surface area contributed by atoms with Gasteiger partial charge in [0.15, 0.2) is 0 Å². The zero-order valence-corrected chi connectivity index (χ0v) is 15.2. The van der Waals surface area contributed by atoms with Crippen molar-refractivity contribution >= 4 is 28.9 Å². The first-order valence-electron chi connectivity index (χ1n) is 8.84. The Morgan fingerprint density at radius 1 is 1.07 bits per heavy atom. The van der Waals surface area contributed by atoms with E-state index in [2.05, 4.69) is 15.5 Å². The van der Waals surface area contributed by atoms with Crippen LogP contribution in [0, 0.1) is 0 Å². The summed E-state index contributed by atoms with van der Waals surface area (Å²) in [7, 11) is 1.37. The van der Waals surface area contributed by atoms with Crippen LogP contribution in [0.3, 0.4) is 0 Å². The molecule has 2 aromatic carbocycles. The van der Waals surface area contributed by atoms with Crippen LogP contribution in [-0.2, 0) is 14.3 Å². The van der Waals surface area contributed by atoms with E-state index in [0.717, 1.165) is 18.5 Å². The van der Waals surface area contributed by atoms with Crippen molar-refractivity contribution in [2.45, 2.75) is 18.9 Å². The van der Waals surface area contributed by atoms with Gasteiger partial charge in [-0.2, -0.15) is 10.2 Å². The molecule has 1 amide bonds. The van der Waals surface area contributed by atoms with Gasteiger partial charge in [-0.3, -0.25) is 14.5 Å². The standard InChI is InChI=1S/C20H22N4O3/c1-27-20(26)18-8-5-13-24(18)14-19(25)21-15-9-11-17(12-10-15)23-22-16-6-3-2-4-7-16/h2-4,6-7,9-12,18H,5,8,13-14H2,1H3,(H,21,25). The van der Waals surface area contributed by atoms with Gasteiger partial charge in [-0.1, -0.05) is 18.2 Å². The van der Waals surface area contributed by atoms with Gasteiger partial charge in [0.1, 0.15) is 6.04 Å². The zero-order chi connectivity index (χ0) is 19.1. The van der Waals surface area contributed by atoms with Gasteiger partial charge in [-0.25, -0.2) is 0 Å². The largest absolute Gasteiger partial charge is 0.468 e. The minimum Gasteiger partial charge on any atom is -0.468 e. The van der Waals surface area contributed by atoms with Crippen molar-refractivity contribution in [3.8, 4) is 0 Å². The highest BCUT2D eigenvalue weighted by Crippen LogP contribution is 2.21. The number of benzene rings is 2. The fourth-order valence-corrected chi connectivity index (χ4v) is 3.02. The fraction of sp³-hybridized carbons (Fsp3) is 0.300. The molecule has 3 rings (SSSR count). The first-order valence-corrected chi connectivity index (χ1v) is 8.84. The number of likely N-dealkylation sites (tertiary alicyclic amines) is 1. The van der Waals surface area contributed by atoms with Gasteiger partial charge < -0.3 is 10.1 Å². The summed E-state index contributed by atoms with van der Waals surface area (Å²) in [6, 6.07) is 16.3. The second-order valence-electron chi connectivity index (χ2n) is 6.28. The molecule has 27 heavy (non-hydrogen) atoms. The number of methoxy groups -OCH3 is 1. The second kappa shape index (κ2) is 9.05. The minimum absolute atomic E-state index is 0.162. The average Bonchev–Trinajstić information content (AvgIpc) is 3.15. The summed E-state index contributed by atoms with van der Waals surface area (Å²) in [4.78, 5) is 25.9. The molecule has 1 saturated heterocycles. The lowest BCUT2D eigenvalue weighted by Gasteiger charge is -2.21. The smallest absolute Gasteiger partial charge is 0.323 e. The normalized spacial score (nSPS) is 17.1. The van der Waals surface area contributed by atoms with Gasteiger partial charge >= 0.3 is 5.97 Å². The summed E-state index contributed by atoms with van der Waals surface area (Å²) in [5.74, 6) is -0.446. The maximum absolute atomic E-state index is 12.3. The molecular formula is C20H22N4O3. The molecule has 1 unspecified atom stereocenters. The Balaban J connectivity index is 1.54. The predicted molar refractivity (Wildman–Crippen MR) is 102 cm³/mol. The van der Waals surface area contributed by atoms with E-state index in [1.807, 2.05) is 35.2 Å². The Morgan fingerprint density at radius 2 is 1.74 bits per heavy atom. The van der Waals surface area contributed by atoms with Gasteiger partial charge in [0.2, 0.25) is 5.91 Å². The SMILES string of the molecule is COC(=O)C1CCCN1CC(=O)Nc1ccc(N=Nc2ccccc2)cc1. The van der Waals surface area contributed by atoms with E-state index in [-0.39, 0.29) is 24.5 Å². The lowest BCUT2D eigenvalue weighted by Crippen LogP contribution is -2.41. The first kappa shape index (κ1) is 18.7. The topological polar surface area (TPSA) is 83.4 Å². The fourth-order valence-electron chi connectivity index (χ4n) is 3.02. The van der Waals surface area contributed by atoms with Crippen molar-refractivity contribution in [3.63, 3.8) is 0 Å². The van der Waals surface area contributed by atoms with Gasteiger partial charge in [0, 0.05) is 5.69 Å². The van der Waals surface area contributed by atoms with Crippen LogP contribution in [0.25, 0.3) is 0 Å². The molecule has 0 aromatic heterocycles. The van der Waals surface area contributed by atoms with Crippen LogP contribution < -0.4 is 5.32 Å². The number of carbonyl (C=O) groups is 2. The van der Waals surface area contributed by atoms with E-state index in [9.17, 15) is 9.59 Å². The van der Waals surface area contributed by atoms with E-state index >= 15 is 0 Å². The number of hydrogen-bond acceptors (Lipinski definition) is 6. The van der Waals surface area contributed by atoms with Crippen LogP contribution in [0.5, 0.6) is 0 Å². The lowest BCUT2D eigenvalue weighted by molar-refractivity contribution is -0.146. The van der Waals surface area contributed by atoms with E-state index in [1.165, 1.54) is 7.11 Å². The van der Waals surface area contributed by atoms with Crippen LogP contribution in [0.4, 0.5) is 17.1 Å². The summed E-state index contributed by atoms with van der Waals surface area (Å²) in [6.45, 7) is 0.876. The first-order chi connectivity index (χ1) is 13.2. The third-order valence-electron chi connectivity index (χ3n) is 4.37. The quantitative estimate of drug-likeness (QED) is 0.624. The van der Waals surface area contributed by atoms with E-state index in [1.54, 1.807) is 24.3 Å². The predicted octanol–water partition coefficient (Wildman–Crippen LogP) is 3.68. The number of nitrogens with zero attached hydrogens (tertiary/aromatic N) is 3. The number of carbonyl (C=O) groups excluding carboxylic acids is 2. The van der Waals surface area contributed by atoms with E-state index in [0.29, 0.717) is 17.9 Å². The summed E-state index contributed by atoms with van der Waals surface area (Å²) in [5, 5.41) is 11.2. The number of amides is 1. The van der Waals surface area contributed by atoms with Gasteiger partial charge in [-0.15, -0.1) is 0 Å². The molecule has 0 saturated carbocycles. The number of ether oxygens (including phenoxy) is 1. The van der Waals surface area contributed by atoms with Gasteiger partial charge in [-0.05, 0) is 55.8 Å². The molecule has 1 aliphatic rings. The highest BCUT2D eigenvalue weighted by molar-refractivity contribution is 5.92.